The average molecular weight is 312 g/mol. The highest BCUT2D eigenvalue weighted by Gasteiger charge is 2.15. The number of nitrogens with zero attached hydrogens (tertiary/aromatic N) is 1. The molecular formula is C11H7BrFN3O2. The molecule has 0 spiro atoms. The Bertz CT molecular complexity index is 616. The van der Waals surface area contributed by atoms with E-state index in [4.69, 9.17) is 0 Å². The van der Waals surface area contributed by atoms with Crippen molar-refractivity contribution in [2.45, 2.75) is 0 Å². The van der Waals surface area contributed by atoms with Gasteiger partial charge in [-0.25, -0.2) is 9.49 Å². The van der Waals surface area contributed by atoms with Crippen molar-refractivity contribution in [3.05, 3.63) is 56.5 Å². The standard InChI is InChI=1S/C11H7BrFN3O2/c12-6-2-1-3-7(13)10(6)11(18)14-8-4-5-9(17)16-15-8/h1-5H,(H,16,17)(H,14,15,18). The molecule has 0 fully saturated rings. The number of H-pyrrole nitrogens is 1. The van der Waals surface area contributed by atoms with E-state index in [1.165, 1.54) is 24.3 Å². The Morgan fingerprint density at radius 2 is 2.11 bits per heavy atom. The fourth-order valence-corrected chi connectivity index (χ4v) is 1.83. The molecular weight excluding hydrogens is 305 g/mol. The van der Waals surface area contributed by atoms with Gasteiger partial charge in [-0.05, 0) is 34.1 Å². The molecule has 0 saturated carbocycles. The number of carbonyl (C=O) groups excluding carboxylic acids is 1. The Morgan fingerprint density at radius 1 is 1.33 bits per heavy atom. The second-order valence-corrected chi connectivity index (χ2v) is 4.21. The van der Waals surface area contributed by atoms with Crippen molar-refractivity contribution in [2.75, 3.05) is 5.32 Å². The van der Waals surface area contributed by atoms with Crippen LogP contribution in [0.2, 0.25) is 0 Å². The monoisotopic (exact) mass is 311 g/mol. The molecule has 2 aromatic rings. The smallest absolute Gasteiger partial charge is 0.264 e. The molecule has 2 rings (SSSR count). The summed E-state index contributed by atoms with van der Waals surface area (Å²) in [6.45, 7) is 0. The van der Waals surface area contributed by atoms with Crippen molar-refractivity contribution in [3.63, 3.8) is 0 Å². The van der Waals surface area contributed by atoms with Crippen LogP contribution < -0.4 is 10.9 Å². The van der Waals surface area contributed by atoms with E-state index in [2.05, 4.69) is 31.4 Å². The van der Waals surface area contributed by atoms with E-state index in [1.807, 2.05) is 0 Å². The quantitative estimate of drug-likeness (QED) is 0.890. The van der Waals surface area contributed by atoms with E-state index >= 15 is 0 Å². The molecule has 0 aliphatic rings. The number of rotatable bonds is 2. The Kier molecular flexibility index (Phi) is 3.52. The second kappa shape index (κ2) is 5.09. The van der Waals surface area contributed by atoms with E-state index in [1.54, 1.807) is 6.07 Å². The number of hydrogen-bond acceptors (Lipinski definition) is 3. The van der Waals surface area contributed by atoms with E-state index in [0.717, 1.165) is 0 Å². The lowest BCUT2D eigenvalue weighted by Gasteiger charge is -2.06. The molecule has 0 atom stereocenters. The predicted octanol–water partition coefficient (Wildman–Crippen LogP) is 1.92. The molecule has 1 heterocycles. The van der Waals surface area contributed by atoms with Gasteiger partial charge in [-0.2, -0.15) is 5.10 Å². The van der Waals surface area contributed by atoms with Crippen LogP contribution in [0.5, 0.6) is 0 Å². The van der Waals surface area contributed by atoms with Gasteiger partial charge in [0.05, 0.1) is 5.56 Å². The molecule has 5 nitrogen and oxygen atoms in total. The molecule has 1 aromatic carbocycles. The van der Waals surface area contributed by atoms with E-state index in [-0.39, 0.29) is 16.9 Å². The van der Waals surface area contributed by atoms with Crippen molar-refractivity contribution in [1.82, 2.24) is 10.2 Å². The van der Waals surface area contributed by atoms with Gasteiger partial charge < -0.3 is 5.32 Å². The van der Waals surface area contributed by atoms with Gasteiger partial charge in [0, 0.05) is 10.5 Å². The Balaban J connectivity index is 2.27. The molecule has 7 heteroatoms. The summed E-state index contributed by atoms with van der Waals surface area (Å²) in [6.07, 6.45) is 0. The van der Waals surface area contributed by atoms with Crippen molar-refractivity contribution >= 4 is 27.7 Å². The summed E-state index contributed by atoms with van der Waals surface area (Å²) >= 11 is 3.09. The van der Waals surface area contributed by atoms with Crippen molar-refractivity contribution in [1.29, 1.82) is 0 Å². The molecule has 0 bridgehead atoms. The average Bonchev–Trinajstić information content (AvgIpc) is 2.32. The number of nitrogens with one attached hydrogen (secondary N) is 2. The van der Waals surface area contributed by atoms with E-state index in [9.17, 15) is 14.0 Å². The van der Waals surface area contributed by atoms with Crippen LogP contribution in [-0.2, 0) is 0 Å². The highest BCUT2D eigenvalue weighted by atomic mass is 79.9. The minimum atomic E-state index is -0.653. The first-order chi connectivity index (χ1) is 8.58. The zero-order chi connectivity index (χ0) is 13.1. The third-order valence-corrected chi connectivity index (χ3v) is 2.77. The Labute approximate surface area is 109 Å². The van der Waals surface area contributed by atoms with Gasteiger partial charge in [0.2, 0.25) is 0 Å². The van der Waals surface area contributed by atoms with Gasteiger partial charge in [-0.15, -0.1) is 0 Å². The second-order valence-electron chi connectivity index (χ2n) is 3.36. The SMILES string of the molecule is O=C(Nc1ccc(=O)[nH]n1)c1c(F)cccc1Br. The van der Waals surface area contributed by atoms with E-state index < -0.39 is 11.7 Å². The third kappa shape index (κ3) is 2.62. The predicted molar refractivity (Wildman–Crippen MR) is 66.9 cm³/mol. The first kappa shape index (κ1) is 12.4. The summed E-state index contributed by atoms with van der Waals surface area (Å²) in [5.74, 6) is -1.17. The maximum absolute atomic E-state index is 13.5. The summed E-state index contributed by atoms with van der Waals surface area (Å²) < 4.78 is 13.8. The normalized spacial score (nSPS) is 10.1. The summed E-state index contributed by atoms with van der Waals surface area (Å²) in [4.78, 5) is 22.6. The molecule has 0 saturated heterocycles. The van der Waals surface area contributed by atoms with Crippen LogP contribution in [0.15, 0.2) is 39.6 Å². The van der Waals surface area contributed by atoms with Crippen molar-refractivity contribution in [2.24, 2.45) is 0 Å². The van der Waals surface area contributed by atoms with Crippen LogP contribution in [0.1, 0.15) is 10.4 Å². The zero-order valence-electron chi connectivity index (χ0n) is 8.91. The summed E-state index contributed by atoms with van der Waals surface area (Å²) in [5, 5.41) is 8.13. The Hall–Kier alpha value is -2.02. The van der Waals surface area contributed by atoms with Crippen LogP contribution in [0, 0.1) is 5.82 Å². The van der Waals surface area contributed by atoms with Crippen LogP contribution in [0.3, 0.4) is 0 Å². The molecule has 18 heavy (non-hydrogen) atoms. The first-order valence-corrected chi connectivity index (χ1v) is 5.68. The molecule has 1 aromatic heterocycles. The lowest BCUT2D eigenvalue weighted by molar-refractivity contribution is 0.102. The topological polar surface area (TPSA) is 74.8 Å². The van der Waals surface area contributed by atoms with Gasteiger partial charge >= 0.3 is 0 Å². The van der Waals surface area contributed by atoms with Gasteiger partial charge in [-0.3, -0.25) is 9.59 Å². The fourth-order valence-electron chi connectivity index (χ4n) is 1.31. The third-order valence-electron chi connectivity index (χ3n) is 2.11. The maximum atomic E-state index is 13.5. The number of carbonyl (C=O) groups is 1. The first-order valence-electron chi connectivity index (χ1n) is 4.89. The molecule has 0 unspecified atom stereocenters. The lowest BCUT2D eigenvalue weighted by atomic mass is 10.2. The molecule has 0 aliphatic carbocycles. The van der Waals surface area contributed by atoms with E-state index in [0.29, 0.717) is 4.47 Å². The molecule has 1 amide bonds. The minimum absolute atomic E-state index is 0.120. The summed E-state index contributed by atoms with van der Waals surface area (Å²) in [7, 11) is 0. The Morgan fingerprint density at radius 3 is 2.72 bits per heavy atom. The maximum Gasteiger partial charge on any atom is 0.264 e. The zero-order valence-corrected chi connectivity index (χ0v) is 10.5. The van der Waals surface area contributed by atoms with Gasteiger partial charge in [0.25, 0.3) is 11.5 Å². The summed E-state index contributed by atoms with van der Waals surface area (Å²) in [6, 6.07) is 6.75. The fraction of sp³-hybridized carbons (Fsp3) is 0. The largest absolute Gasteiger partial charge is 0.305 e. The number of benzene rings is 1. The highest BCUT2D eigenvalue weighted by Crippen LogP contribution is 2.20. The van der Waals surface area contributed by atoms with Gasteiger partial charge in [0.1, 0.15) is 5.82 Å². The number of halogens is 2. The molecule has 0 radical (unpaired) electrons. The number of aromatic amines is 1. The van der Waals surface area contributed by atoms with Gasteiger partial charge in [-0.1, -0.05) is 6.07 Å². The van der Waals surface area contributed by atoms with Crippen molar-refractivity contribution < 1.29 is 9.18 Å². The molecule has 92 valence electrons. The molecule has 2 N–H and O–H groups in total. The van der Waals surface area contributed by atoms with Gasteiger partial charge in [0.15, 0.2) is 5.82 Å². The lowest BCUT2D eigenvalue weighted by Crippen LogP contribution is -2.17. The van der Waals surface area contributed by atoms with Crippen LogP contribution in [0.4, 0.5) is 10.2 Å². The molecule has 0 aliphatic heterocycles. The van der Waals surface area contributed by atoms with Crippen LogP contribution in [-0.4, -0.2) is 16.1 Å². The number of hydrogen-bond donors (Lipinski definition) is 2. The van der Waals surface area contributed by atoms with Crippen molar-refractivity contribution in [3.8, 4) is 0 Å². The summed E-state index contributed by atoms with van der Waals surface area (Å²) in [5.41, 5.74) is -0.509. The van der Waals surface area contributed by atoms with Crippen LogP contribution in [0.25, 0.3) is 0 Å². The minimum Gasteiger partial charge on any atom is -0.305 e. The van der Waals surface area contributed by atoms with Crippen LogP contribution >= 0.6 is 15.9 Å². The number of aromatic nitrogens is 2. The number of anilines is 1. The highest BCUT2D eigenvalue weighted by molar-refractivity contribution is 9.10. The number of amides is 1.